The number of guanidine groups is 1. The van der Waals surface area contributed by atoms with Crippen LogP contribution in [-0.4, -0.2) is 10.9 Å². The molecule has 0 aliphatic rings. The quantitative estimate of drug-likeness (QED) is 0.471. The van der Waals surface area contributed by atoms with Crippen molar-refractivity contribution in [2.45, 2.75) is 20.4 Å². The van der Waals surface area contributed by atoms with Gasteiger partial charge in [-0.25, -0.2) is 9.98 Å². The smallest absolute Gasteiger partial charge is 0.219 e. The Morgan fingerprint density at radius 2 is 1.90 bits per heavy atom. The number of halogens is 1. The SMILES string of the molecule is Cc1ccc(Oc2cc(CN=C(N)N)ccn2)cc1C.I. The van der Waals surface area contributed by atoms with Crippen molar-refractivity contribution in [2.24, 2.45) is 16.5 Å². The normalized spacial score (nSPS) is 9.62. The summed E-state index contributed by atoms with van der Waals surface area (Å²) < 4.78 is 5.74. The van der Waals surface area contributed by atoms with E-state index in [0.29, 0.717) is 12.4 Å². The van der Waals surface area contributed by atoms with Crippen LogP contribution in [0.25, 0.3) is 0 Å². The number of benzene rings is 1. The minimum Gasteiger partial charge on any atom is -0.439 e. The zero-order valence-corrected chi connectivity index (χ0v) is 14.4. The van der Waals surface area contributed by atoms with E-state index in [-0.39, 0.29) is 29.9 Å². The van der Waals surface area contributed by atoms with E-state index in [0.717, 1.165) is 11.3 Å². The van der Waals surface area contributed by atoms with Crippen LogP contribution >= 0.6 is 24.0 Å². The summed E-state index contributed by atoms with van der Waals surface area (Å²) in [5.41, 5.74) is 14.0. The van der Waals surface area contributed by atoms with Crippen molar-refractivity contribution >= 4 is 29.9 Å². The number of nitrogens with zero attached hydrogens (tertiary/aromatic N) is 2. The van der Waals surface area contributed by atoms with Crippen LogP contribution in [0.15, 0.2) is 41.5 Å². The average Bonchev–Trinajstić information content (AvgIpc) is 2.41. The number of rotatable bonds is 4. The van der Waals surface area contributed by atoms with E-state index < -0.39 is 0 Å². The van der Waals surface area contributed by atoms with Crippen LogP contribution < -0.4 is 16.2 Å². The molecule has 1 aromatic heterocycles. The molecule has 2 aromatic rings. The van der Waals surface area contributed by atoms with Gasteiger partial charge in [0.1, 0.15) is 5.75 Å². The first-order valence-electron chi connectivity index (χ1n) is 6.30. The van der Waals surface area contributed by atoms with E-state index in [4.69, 9.17) is 16.2 Å². The minimum absolute atomic E-state index is 0. The molecule has 2 rings (SSSR count). The molecule has 5 nitrogen and oxygen atoms in total. The molecular weight excluding hydrogens is 379 g/mol. The molecule has 0 saturated carbocycles. The van der Waals surface area contributed by atoms with Crippen molar-refractivity contribution in [3.05, 3.63) is 53.2 Å². The summed E-state index contributed by atoms with van der Waals surface area (Å²) in [6.07, 6.45) is 1.67. The molecule has 0 aliphatic carbocycles. The van der Waals surface area contributed by atoms with Gasteiger partial charge in [-0.2, -0.15) is 0 Å². The van der Waals surface area contributed by atoms with Gasteiger partial charge in [0.2, 0.25) is 5.88 Å². The Labute approximate surface area is 141 Å². The van der Waals surface area contributed by atoms with E-state index in [1.165, 1.54) is 11.1 Å². The molecule has 112 valence electrons. The Bertz CT molecular complexity index is 639. The standard InChI is InChI=1S/C15H18N4O.HI/c1-10-3-4-13(7-11(10)2)20-14-8-12(5-6-18-14)9-19-15(16)17;/h3-8H,9H2,1-2H3,(H4,16,17,19);1H. The topological polar surface area (TPSA) is 86.5 Å². The third-order valence-electron chi connectivity index (χ3n) is 2.94. The first kappa shape index (κ1) is 17.2. The second-order valence-electron chi connectivity index (χ2n) is 4.59. The number of aliphatic imine (C=N–C) groups is 1. The molecule has 0 bridgehead atoms. The molecule has 1 heterocycles. The molecule has 0 fully saturated rings. The van der Waals surface area contributed by atoms with Crippen molar-refractivity contribution in [3.8, 4) is 11.6 Å². The summed E-state index contributed by atoms with van der Waals surface area (Å²) in [6, 6.07) is 9.60. The maximum atomic E-state index is 5.74. The number of ether oxygens (including phenoxy) is 1. The van der Waals surface area contributed by atoms with E-state index in [1.807, 2.05) is 37.3 Å². The lowest BCUT2D eigenvalue weighted by atomic mass is 10.1. The maximum Gasteiger partial charge on any atom is 0.219 e. The van der Waals surface area contributed by atoms with Crippen LogP contribution in [-0.2, 0) is 6.54 Å². The third kappa shape index (κ3) is 5.22. The largest absolute Gasteiger partial charge is 0.439 e. The zero-order valence-electron chi connectivity index (χ0n) is 12.0. The molecule has 21 heavy (non-hydrogen) atoms. The molecule has 0 unspecified atom stereocenters. The molecule has 0 amide bonds. The highest BCUT2D eigenvalue weighted by Gasteiger charge is 2.02. The van der Waals surface area contributed by atoms with Gasteiger partial charge in [-0.3, -0.25) is 0 Å². The van der Waals surface area contributed by atoms with Gasteiger partial charge >= 0.3 is 0 Å². The molecular formula is C15H19IN4O. The molecule has 0 saturated heterocycles. The molecule has 0 atom stereocenters. The predicted octanol–water partition coefficient (Wildman–Crippen LogP) is 2.88. The predicted molar refractivity (Wildman–Crippen MR) is 95.2 cm³/mol. The Hall–Kier alpha value is -1.83. The number of hydrogen-bond donors (Lipinski definition) is 2. The number of aryl methyl sites for hydroxylation is 2. The summed E-state index contributed by atoms with van der Waals surface area (Å²) in [5, 5.41) is 0. The van der Waals surface area contributed by atoms with Gasteiger partial charge in [-0.05, 0) is 48.7 Å². The molecule has 4 N–H and O–H groups in total. The van der Waals surface area contributed by atoms with Gasteiger partial charge in [0.25, 0.3) is 0 Å². The number of aromatic nitrogens is 1. The van der Waals surface area contributed by atoms with Gasteiger partial charge < -0.3 is 16.2 Å². The van der Waals surface area contributed by atoms with Crippen LogP contribution in [0.5, 0.6) is 11.6 Å². The van der Waals surface area contributed by atoms with Gasteiger partial charge in [0.05, 0.1) is 6.54 Å². The van der Waals surface area contributed by atoms with Crippen molar-refractivity contribution in [3.63, 3.8) is 0 Å². The van der Waals surface area contributed by atoms with E-state index in [9.17, 15) is 0 Å². The van der Waals surface area contributed by atoms with Crippen LogP contribution in [0, 0.1) is 13.8 Å². The molecule has 1 aromatic carbocycles. The summed E-state index contributed by atoms with van der Waals surface area (Å²) in [6.45, 7) is 4.52. The number of pyridine rings is 1. The highest BCUT2D eigenvalue weighted by molar-refractivity contribution is 14.0. The van der Waals surface area contributed by atoms with Crippen molar-refractivity contribution in [1.82, 2.24) is 4.98 Å². The van der Waals surface area contributed by atoms with E-state index in [2.05, 4.69) is 16.9 Å². The van der Waals surface area contributed by atoms with Crippen LogP contribution in [0.1, 0.15) is 16.7 Å². The van der Waals surface area contributed by atoms with Crippen LogP contribution in [0.4, 0.5) is 0 Å². The highest BCUT2D eigenvalue weighted by atomic mass is 127. The maximum absolute atomic E-state index is 5.74. The number of hydrogen-bond acceptors (Lipinski definition) is 3. The molecule has 6 heteroatoms. The fourth-order valence-electron chi connectivity index (χ4n) is 1.69. The second kappa shape index (κ2) is 7.82. The Morgan fingerprint density at radius 1 is 1.14 bits per heavy atom. The van der Waals surface area contributed by atoms with Crippen molar-refractivity contribution in [1.29, 1.82) is 0 Å². The summed E-state index contributed by atoms with van der Waals surface area (Å²) in [5.74, 6) is 1.36. The lowest BCUT2D eigenvalue weighted by Gasteiger charge is -2.08. The third-order valence-corrected chi connectivity index (χ3v) is 2.94. The summed E-state index contributed by atoms with van der Waals surface area (Å²) in [7, 11) is 0. The lowest BCUT2D eigenvalue weighted by Crippen LogP contribution is -2.22. The van der Waals surface area contributed by atoms with E-state index >= 15 is 0 Å². The molecule has 0 spiro atoms. The number of nitrogens with two attached hydrogens (primary N) is 2. The van der Waals surface area contributed by atoms with E-state index in [1.54, 1.807) is 6.20 Å². The zero-order chi connectivity index (χ0) is 14.5. The van der Waals surface area contributed by atoms with Gasteiger partial charge in [0.15, 0.2) is 5.96 Å². The fourth-order valence-corrected chi connectivity index (χ4v) is 1.69. The highest BCUT2D eigenvalue weighted by Crippen LogP contribution is 2.22. The van der Waals surface area contributed by atoms with Crippen molar-refractivity contribution < 1.29 is 4.74 Å². The van der Waals surface area contributed by atoms with Crippen LogP contribution in [0.2, 0.25) is 0 Å². The first-order chi connectivity index (χ1) is 9.54. The Kier molecular flexibility index (Phi) is 6.41. The van der Waals surface area contributed by atoms with Gasteiger partial charge in [-0.1, -0.05) is 6.07 Å². The molecule has 0 aliphatic heterocycles. The average molecular weight is 398 g/mol. The van der Waals surface area contributed by atoms with Gasteiger partial charge in [-0.15, -0.1) is 24.0 Å². The lowest BCUT2D eigenvalue weighted by molar-refractivity contribution is 0.461. The summed E-state index contributed by atoms with van der Waals surface area (Å²) in [4.78, 5) is 8.14. The molecule has 0 radical (unpaired) electrons. The second-order valence-corrected chi connectivity index (χ2v) is 4.59. The first-order valence-corrected chi connectivity index (χ1v) is 6.30. The Balaban J connectivity index is 0.00000220. The minimum atomic E-state index is 0. The fraction of sp³-hybridized carbons (Fsp3) is 0.200. The van der Waals surface area contributed by atoms with Gasteiger partial charge in [0, 0.05) is 12.3 Å². The van der Waals surface area contributed by atoms with Crippen LogP contribution in [0.3, 0.4) is 0 Å². The Morgan fingerprint density at radius 3 is 2.57 bits per heavy atom. The van der Waals surface area contributed by atoms with Crippen molar-refractivity contribution in [2.75, 3.05) is 0 Å². The summed E-state index contributed by atoms with van der Waals surface area (Å²) >= 11 is 0. The monoisotopic (exact) mass is 398 g/mol.